The molecule has 0 radical (unpaired) electrons. The number of ether oxygens (including phenoxy) is 2. The molecule has 3 aromatic rings. The highest BCUT2D eigenvalue weighted by Crippen LogP contribution is 2.30. The number of methoxy groups -OCH3 is 1. The Labute approximate surface area is 236 Å². The number of morpholine rings is 1. The largest absolute Gasteiger partial charge is 0.495 e. The Hall–Kier alpha value is -2.97. The van der Waals surface area contributed by atoms with E-state index < -0.39 is 32.5 Å². The van der Waals surface area contributed by atoms with Crippen LogP contribution in [0.4, 0.5) is 11.4 Å². The number of aryl methyl sites for hydroxylation is 1. The summed E-state index contributed by atoms with van der Waals surface area (Å²) >= 11 is 3.35. The lowest BCUT2D eigenvalue weighted by molar-refractivity contribution is -0.114. The molecule has 0 saturated carbocycles. The van der Waals surface area contributed by atoms with Gasteiger partial charge in [0.05, 0.1) is 41.5 Å². The fourth-order valence-electron chi connectivity index (χ4n) is 3.99. The number of hydrogen-bond donors (Lipinski definition) is 1. The Morgan fingerprint density at radius 3 is 2.31 bits per heavy atom. The van der Waals surface area contributed by atoms with Crippen LogP contribution in [0.25, 0.3) is 0 Å². The van der Waals surface area contributed by atoms with Crippen LogP contribution >= 0.6 is 15.9 Å². The van der Waals surface area contributed by atoms with Gasteiger partial charge >= 0.3 is 0 Å². The maximum atomic E-state index is 13.6. The summed E-state index contributed by atoms with van der Waals surface area (Å²) in [6.07, 6.45) is 0. The molecule has 10 nitrogen and oxygen atoms in total. The van der Waals surface area contributed by atoms with Crippen molar-refractivity contribution in [2.45, 2.75) is 16.7 Å². The molecule has 13 heteroatoms. The van der Waals surface area contributed by atoms with E-state index >= 15 is 0 Å². The number of sulfonamides is 2. The van der Waals surface area contributed by atoms with Crippen molar-refractivity contribution in [3.05, 3.63) is 76.8 Å². The summed E-state index contributed by atoms with van der Waals surface area (Å²) in [4.78, 5) is 13.3. The van der Waals surface area contributed by atoms with E-state index in [-0.39, 0.29) is 40.0 Å². The molecule has 1 fully saturated rings. The molecular formula is C26H28BrN3O7S2. The Kier molecular flexibility index (Phi) is 8.96. The smallest absolute Gasteiger partial charge is 0.264 e. The first kappa shape index (κ1) is 29.0. The van der Waals surface area contributed by atoms with Crippen molar-refractivity contribution < 1.29 is 31.1 Å². The number of rotatable bonds is 9. The van der Waals surface area contributed by atoms with Crippen LogP contribution in [0.3, 0.4) is 0 Å². The first-order valence-electron chi connectivity index (χ1n) is 11.9. The van der Waals surface area contributed by atoms with Crippen LogP contribution in [-0.4, -0.2) is 67.0 Å². The highest BCUT2D eigenvalue weighted by atomic mass is 79.9. The van der Waals surface area contributed by atoms with Crippen LogP contribution in [0.2, 0.25) is 0 Å². The Morgan fingerprint density at radius 1 is 1.00 bits per heavy atom. The third-order valence-electron chi connectivity index (χ3n) is 6.05. The zero-order chi connectivity index (χ0) is 28.2. The molecule has 0 aromatic heterocycles. The van der Waals surface area contributed by atoms with Crippen molar-refractivity contribution in [2.75, 3.05) is 49.6 Å². The average Bonchev–Trinajstić information content (AvgIpc) is 2.92. The van der Waals surface area contributed by atoms with E-state index in [4.69, 9.17) is 9.47 Å². The van der Waals surface area contributed by atoms with E-state index in [0.717, 1.165) is 9.87 Å². The van der Waals surface area contributed by atoms with E-state index in [1.807, 2.05) is 6.92 Å². The van der Waals surface area contributed by atoms with Gasteiger partial charge in [-0.2, -0.15) is 4.31 Å². The predicted octanol–water partition coefficient (Wildman–Crippen LogP) is 3.62. The number of nitrogens with zero attached hydrogens (tertiary/aromatic N) is 2. The van der Waals surface area contributed by atoms with Crippen molar-refractivity contribution in [1.29, 1.82) is 0 Å². The normalized spacial score (nSPS) is 14.5. The van der Waals surface area contributed by atoms with Gasteiger partial charge in [-0.25, -0.2) is 16.8 Å². The van der Waals surface area contributed by atoms with Crippen molar-refractivity contribution in [1.82, 2.24) is 4.31 Å². The van der Waals surface area contributed by atoms with Gasteiger partial charge in [0.1, 0.15) is 12.3 Å². The van der Waals surface area contributed by atoms with E-state index in [1.54, 1.807) is 36.4 Å². The molecule has 1 aliphatic heterocycles. The summed E-state index contributed by atoms with van der Waals surface area (Å²) in [6, 6.07) is 17.0. The van der Waals surface area contributed by atoms with Crippen LogP contribution in [-0.2, 0) is 29.6 Å². The van der Waals surface area contributed by atoms with E-state index in [2.05, 4.69) is 21.2 Å². The molecule has 1 heterocycles. The van der Waals surface area contributed by atoms with E-state index in [0.29, 0.717) is 17.7 Å². The van der Waals surface area contributed by atoms with Crippen LogP contribution in [0.1, 0.15) is 5.56 Å². The Balaban J connectivity index is 1.65. The molecule has 1 N–H and O–H groups in total. The highest BCUT2D eigenvalue weighted by Gasteiger charge is 2.29. The van der Waals surface area contributed by atoms with Gasteiger partial charge in [0.15, 0.2) is 0 Å². The fraction of sp³-hybridized carbons (Fsp3) is 0.269. The molecule has 1 amide bonds. The number of hydrogen-bond acceptors (Lipinski definition) is 7. The average molecular weight is 639 g/mol. The summed E-state index contributed by atoms with van der Waals surface area (Å²) in [7, 11) is -6.59. The third kappa shape index (κ3) is 6.61. The minimum atomic E-state index is -4.13. The molecule has 208 valence electrons. The molecule has 39 heavy (non-hydrogen) atoms. The number of anilines is 2. The highest BCUT2D eigenvalue weighted by molar-refractivity contribution is 9.10. The zero-order valence-electron chi connectivity index (χ0n) is 21.3. The van der Waals surface area contributed by atoms with Crippen LogP contribution in [0.5, 0.6) is 5.75 Å². The monoisotopic (exact) mass is 637 g/mol. The first-order valence-corrected chi connectivity index (χ1v) is 15.6. The van der Waals surface area contributed by atoms with Crippen molar-refractivity contribution >= 4 is 53.3 Å². The summed E-state index contributed by atoms with van der Waals surface area (Å²) < 4.78 is 67.1. The minimum Gasteiger partial charge on any atom is -0.495 e. The molecule has 1 aliphatic rings. The maximum absolute atomic E-state index is 13.6. The van der Waals surface area contributed by atoms with Gasteiger partial charge in [0.25, 0.3) is 10.0 Å². The quantitative estimate of drug-likeness (QED) is 0.380. The summed E-state index contributed by atoms with van der Waals surface area (Å²) in [5, 5.41) is 2.63. The predicted molar refractivity (Wildman–Crippen MR) is 151 cm³/mol. The number of carbonyl (C=O) groups is 1. The second-order valence-electron chi connectivity index (χ2n) is 8.73. The summed E-state index contributed by atoms with van der Waals surface area (Å²) in [6.45, 7) is 2.29. The fourth-order valence-corrected chi connectivity index (χ4v) is 7.22. The van der Waals surface area contributed by atoms with Gasteiger partial charge in [0, 0.05) is 17.6 Å². The van der Waals surface area contributed by atoms with Crippen molar-refractivity contribution in [2.24, 2.45) is 0 Å². The van der Waals surface area contributed by atoms with Gasteiger partial charge in [-0.15, -0.1) is 0 Å². The molecule has 0 atom stereocenters. The lowest BCUT2D eigenvalue weighted by Gasteiger charge is -2.26. The molecule has 0 bridgehead atoms. The minimum absolute atomic E-state index is 0.0251. The number of amides is 1. The molecule has 0 unspecified atom stereocenters. The first-order chi connectivity index (χ1) is 18.5. The Bertz CT molecular complexity index is 1560. The van der Waals surface area contributed by atoms with Gasteiger partial charge in [0.2, 0.25) is 15.9 Å². The lowest BCUT2D eigenvalue weighted by Crippen LogP contribution is -2.40. The van der Waals surface area contributed by atoms with Crippen LogP contribution in [0.15, 0.2) is 81.0 Å². The molecule has 0 aliphatic carbocycles. The van der Waals surface area contributed by atoms with Gasteiger partial charge in [-0.1, -0.05) is 39.7 Å². The van der Waals surface area contributed by atoms with Gasteiger partial charge in [-0.3, -0.25) is 9.10 Å². The SMILES string of the molecule is COc1ccc(S(=O)(=O)N2CCOCC2)cc1NC(=O)CN(c1cccc(Br)c1)S(=O)(=O)c1ccc(C)cc1. The van der Waals surface area contributed by atoms with E-state index in [1.165, 1.54) is 41.7 Å². The van der Waals surface area contributed by atoms with Crippen molar-refractivity contribution in [3.8, 4) is 5.75 Å². The molecule has 4 rings (SSSR count). The second-order valence-corrected chi connectivity index (χ2v) is 13.4. The summed E-state index contributed by atoms with van der Waals surface area (Å²) in [5.74, 6) is -0.468. The number of carbonyl (C=O) groups excluding carboxylic acids is 1. The summed E-state index contributed by atoms with van der Waals surface area (Å²) in [5.41, 5.74) is 1.26. The topological polar surface area (TPSA) is 122 Å². The molecular weight excluding hydrogens is 610 g/mol. The molecule has 1 saturated heterocycles. The van der Waals surface area contributed by atoms with Gasteiger partial charge in [-0.05, 0) is 55.5 Å². The van der Waals surface area contributed by atoms with Crippen molar-refractivity contribution in [3.63, 3.8) is 0 Å². The Morgan fingerprint density at radius 2 is 1.67 bits per heavy atom. The number of benzene rings is 3. The maximum Gasteiger partial charge on any atom is 0.264 e. The van der Waals surface area contributed by atoms with Crippen LogP contribution < -0.4 is 14.4 Å². The lowest BCUT2D eigenvalue weighted by atomic mass is 10.2. The molecule has 0 spiro atoms. The van der Waals surface area contributed by atoms with Crippen LogP contribution in [0, 0.1) is 6.92 Å². The third-order valence-corrected chi connectivity index (χ3v) is 10.2. The molecule has 3 aromatic carbocycles. The van der Waals surface area contributed by atoms with Gasteiger partial charge < -0.3 is 14.8 Å². The number of nitrogens with one attached hydrogen (secondary N) is 1. The standard InChI is InChI=1S/C26H28BrN3O7S2/c1-19-6-8-22(9-7-19)39(34,35)30(21-5-3-4-20(27)16-21)18-26(31)28-24-17-23(10-11-25(24)36-2)38(32,33)29-12-14-37-15-13-29/h3-11,16-17H,12-15,18H2,1-2H3,(H,28,31). The number of halogens is 1. The second kappa shape index (κ2) is 12.0. The zero-order valence-corrected chi connectivity index (χ0v) is 24.6. The van der Waals surface area contributed by atoms with E-state index in [9.17, 15) is 21.6 Å².